The van der Waals surface area contributed by atoms with Crippen LogP contribution in [0, 0.1) is 11.8 Å². The van der Waals surface area contributed by atoms with E-state index in [4.69, 9.17) is 5.11 Å². The Balaban J connectivity index is 1.40. The first-order chi connectivity index (χ1) is 14.0. The van der Waals surface area contributed by atoms with Gasteiger partial charge in [0, 0.05) is 36.4 Å². The number of hydrogen-bond acceptors (Lipinski definition) is 3. The van der Waals surface area contributed by atoms with Gasteiger partial charge < -0.3 is 20.2 Å². The van der Waals surface area contributed by atoms with E-state index in [9.17, 15) is 9.59 Å². The number of fused-ring (bicyclic) bond motifs is 1. The average molecular weight is 400 g/mol. The summed E-state index contributed by atoms with van der Waals surface area (Å²) in [5.74, 6) is 1.53. The lowest BCUT2D eigenvalue weighted by Gasteiger charge is -2.43. The fourth-order valence-corrected chi connectivity index (χ4v) is 5.62. The Morgan fingerprint density at radius 3 is 2.31 bits per heavy atom. The second kappa shape index (κ2) is 8.34. The molecule has 2 N–H and O–H groups in total. The van der Waals surface area contributed by atoms with Crippen molar-refractivity contribution in [3.63, 3.8) is 0 Å². The number of carboxylic acid groups (broad SMARTS) is 1. The standard InChI is InChI=1S/C23H33N3O3/c1-15(2)16-7-9-17(10-8-16)25-13-11-18(12-14-25)26-20-6-4-3-5-19(20)21(22(26)27)24-23(28)29/h3-6,15-18,21,24H,7-14H2,1-2H3,(H,28,29)/t16-,17+,21?. The van der Waals surface area contributed by atoms with Gasteiger partial charge in [-0.3, -0.25) is 4.79 Å². The van der Waals surface area contributed by atoms with Crippen molar-refractivity contribution in [3.05, 3.63) is 29.8 Å². The van der Waals surface area contributed by atoms with Gasteiger partial charge in [0.25, 0.3) is 5.91 Å². The van der Waals surface area contributed by atoms with E-state index in [1.807, 2.05) is 29.2 Å². The lowest BCUT2D eigenvalue weighted by molar-refractivity contribution is -0.120. The first-order valence-electron chi connectivity index (χ1n) is 11.1. The highest BCUT2D eigenvalue weighted by molar-refractivity contribution is 6.06. The molecule has 0 aromatic heterocycles. The Bertz CT molecular complexity index is 749. The Kier molecular flexibility index (Phi) is 5.81. The van der Waals surface area contributed by atoms with E-state index in [2.05, 4.69) is 24.1 Å². The number of nitrogens with one attached hydrogen (secondary N) is 1. The molecular weight excluding hydrogens is 366 g/mol. The number of hydrogen-bond donors (Lipinski definition) is 2. The van der Waals surface area contributed by atoms with Gasteiger partial charge in [0.15, 0.2) is 0 Å². The first-order valence-corrected chi connectivity index (χ1v) is 11.1. The highest BCUT2D eigenvalue weighted by atomic mass is 16.4. The number of rotatable bonds is 4. The summed E-state index contributed by atoms with van der Waals surface area (Å²) in [5, 5.41) is 11.6. The largest absolute Gasteiger partial charge is 0.465 e. The van der Waals surface area contributed by atoms with E-state index in [0.717, 1.165) is 49.0 Å². The molecule has 0 radical (unpaired) electrons. The van der Waals surface area contributed by atoms with Gasteiger partial charge in [0.2, 0.25) is 0 Å². The van der Waals surface area contributed by atoms with Crippen LogP contribution in [-0.4, -0.2) is 47.2 Å². The van der Waals surface area contributed by atoms with E-state index in [1.165, 1.54) is 25.7 Å². The number of piperidine rings is 1. The summed E-state index contributed by atoms with van der Waals surface area (Å²) < 4.78 is 0. The molecule has 6 heteroatoms. The molecule has 0 spiro atoms. The predicted molar refractivity (Wildman–Crippen MR) is 113 cm³/mol. The number of likely N-dealkylation sites (tertiary alicyclic amines) is 1. The molecule has 1 aliphatic carbocycles. The van der Waals surface area contributed by atoms with Gasteiger partial charge in [0.05, 0.1) is 0 Å². The highest BCUT2D eigenvalue weighted by Crippen LogP contribution is 2.40. The smallest absolute Gasteiger partial charge is 0.405 e. The highest BCUT2D eigenvalue weighted by Gasteiger charge is 2.42. The van der Waals surface area contributed by atoms with Crippen LogP contribution in [0.3, 0.4) is 0 Å². The third kappa shape index (κ3) is 4.00. The van der Waals surface area contributed by atoms with Crippen LogP contribution >= 0.6 is 0 Å². The summed E-state index contributed by atoms with van der Waals surface area (Å²) in [7, 11) is 0. The van der Waals surface area contributed by atoms with Crippen LogP contribution in [0.2, 0.25) is 0 Å². The van der Waals surface area contributed by atoms with Crippen LogP contribution in [0.15, 0.2) is 24.3 Å². The van der Waals surface area contributed by atoms with E-state index < -0.39 is 12.1 Å². The summed E-state index contributed by atoms with van der Waals surface area (Å²) in [6, 6.07) is 7.63. The molecule has 1 atom stereocenters. The Hall–Kier alpha value is -2.08. The van der Waals surface area contributed by atoms with Crippen molar-refractivity contribution >= 4 is 17.7 Å². The van der Waals surface area contributed by atoms with Gasteiger partial charge in [-0.05, 0) is 56.4 Å². The molecule has 29 heavy (non-hydrogen) atoms. The monoisotopic (exact) mass is 399 g/mol. The Labute approximate surface area is 173 Å². The molecule has 2 amide bonds. The number of carbonyl (C=O) groups excluding carboxylic acids is 1. The first kappa shape index (κ1) is 20.2. The zero-order valence-electron chi connectivity index (χ0n) is 17.5. The summed E-state index contributed by atoms with van der Waals surface area (Å²) in [6.07, 6.45) is 6.00. The number of nitrogens with zero attached hydrogens (tertiary/aromatic N) is 2. The molecule has 1 aromatic carbocycles. The van der Waals surface area contributed by atoms with Gasteiger partial charge in [-0.25, -0.2) is 4.79 Å². The maximum atomic E-state index is 13.1. The molecular formula is C23H33N3O3. The van der Waals surface area contributed by atoms with E-state index in [-0.39, 0.29) is 11.9 Å². The van der Waals surface area contributed by atoms with Gasteiger partial charge in [-0.1, -0.05) is 32.0 Å². The van der Waals surface area contributed by atoms with Crippen LogP contribution < -0.4 is 10.2 Å². The van der Waals surface area contributed by atoms with Crippen molar-refractivity contribution in [3.8, 4) is 0 Å². The summed E-state index contributed by atoms with van der Waals surface area (Å²) in [5.41, 5.74) is 1.64. The van der Waals surface area contributed by atoms with Gasteiger partial charge in [-0.2, -0.15) is 0 Å². The minimum Gasteiger partial charge on any atom is -0.465 e. The Morgan fingerprint density at radius 2 is 1.69 bits per heavy atom. The van der Waals surface area contributed by atoms with Crippen molar-refractivity contribution < 1.29 is 14.7 Å². The molecule has 158 valence electrons. The summed E-state index contributed by atoms with van der Waals surface area (Å²) >= 11 is 0. The van der Waals surface area contributed by atoms with Crippen LogP contribution in [-0.2, 0) is 4.79 Å². The molecule has 1 aromatic rings. The normalized spacial score (nSPS) is 28.6. The number of para-hydroxylation sites is 1. The van der Waals surface area contributed by atoms with Crippen molar-refractivity contribution in [2.24, 2.45) is 11.8 Å². The molecule has 3 aliphatic rings. The lowest BCUT2D eigenvalue weighted by Crippen LogP contribution is -2.51. The molecule has 0 bridgehead atoms. The van der Waals surface area contributed by atoms with Crippen LogP contribution in [0.4, 0.5) is 10.5 Å². The summed E-state index contributed by atoms with van der Waals surface area (Å²) in [4.78, 5) is 28.8. The molecule has 1 unspecified atom stereocenters. The fourth-order valence-electron chi connectivity index (χ4n) is 5.62. The van der Waals surface area contributed by atoms with Crippen molar-refractivity contribution in [2.75, 3.05) is 18.0 Å². The van der Waals surface area contributed by atoms with Gasteiger partial charge in [-0.15, -0.1) is 0 Å². The molecule has 2 fully saturated rings. The van der Waals surface area contributed by atoms with Gasteiger partial charge in [0.1, 0.15) is 6.04 Å². The second-order valence-corrected chi connectivity index (χ2v) is 9.23. The molecule has 2 heterocycles. The quantitative estimate of drug-likeness (QED) is 0.802. The molecule has 6 nitrogen and oxygen atoms in total. The number of carbonyl (C=O) groups is 2. The predicted octanol–water partition coefficient (Wildman–Crippen LogP) is 4.02. The lowest BCUT2D eigenvalue weighted by atomic mass is 9.79. The number of benzene rings is 1. The van der Waals surface area contributed by atoms with Crippen LogP contribution in [0.5, 0.6) is 0 Å². The molecule has 1 saturated carbocycles. The fraction of sp³-hybridized carbons (Fsp3) is 0.652. The van der Waals surface area contributed by atoms with E-state index in [0.29, 0.717) is 6.04 Å². The maximum Gasteiger partial charge on any atom is 0.405 e. The second-order valence-electron chi connectivity index (χ2n) is 9.23. The van der Waals surface area contributed by atoms with Crippen molar-refractivity contribution in [1.82, 2.24) is 10.2 Å². The number of amides is 2. The zero-order valence-corrected chi connectivity index (χ0v) is 17.5. The minimum atomic E-state index is -1.16. The van der Waals surface area contributed by atoms with Crippen LogP contribution in [0.25, 0.3) is 0 Å². The minimum absolute atomic E-state index is 0.135. The Morgan fingerprint density at radius 1 is 1.03 bits per heavy atom. The van der Waals surface area contributed by atoms with Crippen molar-refractivity contribution in [2.45, 2.75) is 70.5 Å². The SMILES string of the molecule is CC(C)[C@H]1CC[C@@H](N2CCC(N3C(=O)C(NC(=O)O)c4ccccc43)CC2)CC1. The maximum absolute atomic E-state index is 13.1. The third-order valence-electron chi connectivity index (χ3n) is 7.32. The summed E-state index contributed by atoms with van der Waals surface area (Å²) in [6.45, 7) is 6.72. The van der Waals surface area contributed by atoms with Crippen molar-refractivity contribution in [1.29, 1.82) is 0 Å². The van der Waals surface area contributed by atoms with Gasteiger partial charge >= 0.3 is 6.09 Å². The average Bonchev–Trinajstić information content (AvgIpc) is 2.99. The van der Waals surface area contributed by atoms with E-state index in [1.54, 1.807) is 0 Å². The molecule has 2 aliphatic heterocycles. The van der Waals surface area contributed by atoms with E-state index >= 15 is 0 Å². The van der Waals surface area contributed by atoms with Crippen LogP contribution in [0.1, 0.15) is 64.0 Å². The number of anilines is 1. The molecule has 4 rings (SSSR count). The zero-order chi connectivity index (χ0) is 20.5. The topological polar surface area (TPSA) is 72.9 Å². The molecule has 1 saturated heterocycles. The third-order valence-corrected chi connectivity index (χ3v) is 7.32.